The summed E-state index contributed by atoms with van der Waals surface area (Å²) in [4.78, 5) is 4.11. The Hall–Kier alpha value is -3.16. The summed E-state index contributed by atoms with van der Waals surface area (Å²) in [5.41, 5.74) is 4.90. The van der Waals surface area contributed by atoms with Gasteiger partial charge in [0.1, 0.15) is 6.61 Å². The molecule has 0 aliphatic carbocycles. The number of aliphatic hydroxyl groups is 1. The van der Waals surface area contributed by atoms with E-state index in [4.69, 9.17) is 0 Å². The van der Waals surface area contributed by atoms with Crippen LogP contribution in [0.4, 0.5) is 11.4 Å². The molecule has 1 N–H and O–H groups in total. The Labute approximate surface area is 190 Å². The first kappa shape index (κ1) is 24.1. The van der Waals surface area contributed by atoms with Crippen LogP contribution in [-0.2, 0) is 6.61 Å². The second-order valence-electron chi connectivity index (χ2n) is 7.44. The highest BCUT2D eigenvalue weighted by Gasteiger charge is 2.19. The first-order valence-corrected chi connectivity index (χ1v) is 9.76. The number of hydrogen-bond donors (Lipinski definition) is 1. The van der Waals surface area contributed by atoms with Crippen molar-refractivity contribution in [3.05, 3.63) is 77.4 Å². The fourth-order valence-electron chi connectivity index (χ4n) is 2.95. The number of anilines is 2. The van der Waals surface area contributed by atoms with Gasteiger partial charge in [-0.3, -0.25) is 0 Å². The van der Waals surface area contributed by atoms with Crippen molar-refractivity contribution >= 4 is 23.8 Å². The molecule has 3 aromatic rings. The van der Waals surface area contributed by atoms with E-state index in [9.17, 15) is 5.11 Å². The Balaban J connectivity index is 0.00000341. The lowest BCUT2D eigenvalue weighted by Gasteiger charge is -2.11. The maximum absolute atomic E-state index is 9.75. The van der Waals surface area contributed by atoms with E-state index in [0.29, 0.717) is 5.69 Å². The number of nitrogens with zero attached hydrogens (tertiary/aromatic N) is 6. The average molecular weight is 441 g/mol. The number of halogens is 1. The lowest BCUT2D eigenvalue weighted by molar-refractivity contribution is -0.684. The third kappa shape index (κ3) is 5.93. The highest BCUT2D eigenvalue weighted by molar-refractivity contribution is 5.80. The van der Waals surface area contributed by atoms with Crippen molar-refractivity contribution in [3.63, 3.8) is 0 Å². The predicted octanol–water partition coefficient (Wildman–Crippen LogP) is -0.523. The molecule has 0 fully saturated rings. The standard InChI is InChI=1S/C23H29N6O.ClH/c1-18-28(24-14-19-6-10-21(11-7-19)26(2)3)16-23(17-30)29(18)25-15-20-8-12-22(13-9-20)27(4)5;/h6-16,30H,17H2,1-5H3;1H/q+1;/p-1/b24-14+,25-15+;. The van der Waals surface area contributed by atoms with Gasteiger partial charge in [0.15, 0.2) is 11.9 Å². The molecule has 8 heteroatoms. The van der Waals surface area contributed by atoms with Crippen LogP contribution in [0, 0.1) is 6.92 Å². The molecule has 0 radical (unpaired) electrons. The Morgan fingerprint density at radius 2 is 1.35 bits per heavy atom. The number of hydrogen-bond acceptors (Lipinski definition) is 5. The van der Waals surface area contributed by atoms with Gasteiger partial charge in [-0.05, 0) is 35.4 Å². The molecule has 0 atom stereocenters. The molecule has 0 unspecified atom stereocenters. The Kier molecular flexibility index (Phi) is 8.36. The summed E-state index contributed by atoms with van der Waals surface area (Å²) in [5.74, 6) is 0.793. The van der Waals surface area contributed by atoms with Gasteiger partial charge in [-0.15, -0.1) is 4.68 Å². The van der Waals surface area contributed by atoms with E-state index in [1.54, 1.807) is 28.0 Å². The summed E-state index contributed by atoms with van der Waals surface area (Å²) < 4.78 is 3.42. The van der Waals surface area contributed by atoms with Crippen molar-refractivity contribution in [2.75, 3.05) is 38.0 Å². The second-order valence-corrected chi connectivity index (χ2v) is 7.44. The molecule has 164 valence electrons. The van der Waals surface area contributed by atoms with Crippen molar-refractivity contribution in [1.82, 2.24) is 4.68 Å². The summed E-state index contributed by atoms with van der Waals surface area (Å²) in [5, 5.41) is 18.8. The Morgan fingerprint density at radius 3 is 1.81 bits per heavy atom. The third-order valence-corrected chi connectivity index (χ3v) is 4.82. The summed E-state index contributed by atoms with van der Waals surface area (Å²) in [6, 6.07) is 16.3. The molecule has 1 heterocycles. The highest BCUT2D eigenvalue weighted by atomic mass is 35.5. The summed E-state index contributed by atoms with van der Waals surface area (Å²) in [6.07, 6.45) is 5.35. The molecule has 0 aliphatic heterocycles. The van der Waals surface area contributed by atoms with Gasteiger partial charge in [0, 0.05) is 46.5 Å². The highest BCUT2D eigenvalue weighted by Crippen LogP contribution is 2.12. The van der Waals surface area contributed by atoms with Crippen LogP contribution in [-0.4, -0.2) is 50.4 Å². The minimum Gasteiger partial charge on any atom is -1.00 e. The molecule has 7 nitrogen and oxygen atoms in total. The molecule has 31 heavy (non-hydrogen) atoms. The fourth-order valence-corrected chi connectivity index (χ4v) is 2.95. The van der Waals surface area contributed by atoms with Gasteiger partial charge in [0.05, 0.1) is 12.4 Å². The normalized spacial score (nSPS) is 11.2. The van der Waals surface area contributed by atoms with Crippen LogP contribution in [0.2, 0.25) is 0 Å². The van der Waals surface area contributed by atoms with E-state index in [1.807, 2.05) is 71.5 Å². The van der Waals surface area contributed by atoms with Gasteiger partial charge in [0.25, 0.3) is 0 Å². The van der Waals surface area contributed by atoms with Gasteiger partial charge >= 0.3 is 5.82 Å². The van der Waals surface area contributed by atoms with E-state index in [0.717, 1.165) is 28.3 Å². The van der Waals surface area contributed by atoms with Gasteiger partial charge in [-0.2, -0.15) is 0 Å². The zero-order chi connectivity index (χ0) is 21.7. The number of aromatic nitrogens is 2. The first-order valence-electron chi connectivity index (χ1n) is 9.76. The smallest absolute Gasteiger partial charge is 0.304 e. The quantitative estimate of drug-likeness (QED) is 0.397. The maximum Gasteiger partial charge on any atom is 0.304 e. The molecule has 0 spiro atoms. The molecule has 0 saturated heterocycles. The molecule has 0 bridgehead atoms. The van der Waals surface area contributed by atoms with Gasteiger partial charge < -0.3 is 27.3 Å². The van der Waals surface area contributed by atoms with Crippen LogP contribution in [0.15, 0.2) is 64.9 Å². The van der Waals surface area contributed by atoms with E-state index in [1.165, 1.54) is 0 Å². The minimum atomic E-state index is -0.127. The molecule has 3 rings (SSSR count). The molecule has 0 saturated carbocycles. The lowest BCUT2D eigenvalue weighted by atomic mass is 10.2. The zero-order valence-electron chi connectivity index (χ0n) is 18.6. The van der Waals surface area contributed by atoms with E-state index in [-0.39, 0.29) is 19.0 Å². The molecular weight excluding hydrogens is 412 g/mol. The molecular formula is C23H29ClN6O. The van der Waals surface area contributed by atoms with Crippen LogP contribution < -0.4 is 26.9 Å². The van der Waals surface area contributed by atoms with Crippen LogP contribution in [0.3, 0.4) is 0 Å². The number of benzene rings is 2. The second kappa shape index (κ2) is 10.7. The summed E-state index contributed by atoms with van der Waals surface area (Å²) in [7, 11) is 8.04. The number of rotatable bonds is 7. The van der Waals surface area contributed by atoms with Crippen molar-refractivity contribution < 1.29 is 22.2 Å². The van der Waals surface area contributed by atoms with Crippen molar-refractivity contribution in [2.45, 2.75) is 13.5 Å². The molecule has 0 aliphatic rings. The van der Waals surface area contributed by atoms with Crippen LogP contribution in [0.5, 0.6) is 0 Å². The number of imidazole rings is 1. The third-order valence-electron chi connectivity index (χ3n) is 4.82. The minimum absolute atomic E-state index is 0. The predicted molar refractivity (Wildman–Crippen MR) is 123 cm³/mol. The average Bonchev–Trinajstić information content (AvgIpc) is 3.06. The monoisotopic (exact) mass is 440 g/mol. The van der Waals surface area contributed by atoms with Crippen molar-refractivity contribution in [3.8, 4) is 0 Å². The number of aliphatic hydroxyl groups excluding tert-OH is 1. The maximum atomic E-state index is 9.75. The van der Waals surface area contributed by atoms with Crippen LogP contribution in [0.25, 0.3) is 0 Å². The Bertz CT molecular complexity index is 1040. The van der Waals surface area contributed by atoms with E-state index < -0.39 is 0 Å². The first-order chi connectivity index (χ1) is 14.4. The largest absolute Gasteiger partial charge is 1.00 e. The van der Waals surface area contributed by atoms with Crippen molar-refractivity contribution in [1.29, 1.82) is 0 Å². The van der Waals surface area contributed by atoms with E-state index >= 15 is 0 Å². The molecule has 1 aromatic heterocycles. The van der Waals surface area contributed by atoms with Crippen LogP contribution >= 0.6 is 0 Å². The summed E-state index contributed by atoms with van der Waals surface area (Å²) in [6.45, 7) is 1.79. The summed E-state index contributed by atoms with van der Waals surface area (Å²) >= 11 is 0. The van der Waals surface area contributed by atoms with Gasteiger partial charge in [0.2, 0.25) is 0 Å². The van der Waals surface area contributed by atoms with Gasteiger partial charge in [-0.25, -0.2) is 0 Å². The van der Waals surface area contributed by atoms with Crippen molar-refractivity contribution in [2.24, 2.45) is 10.2 Å². The molecule has 2 aromatic carbocycles. The van der Waals surface area contributed by atoms with Gasteiger partial charge in [-0.1, -0.05) is 39.1 Å². The SMILES string of the molecule is Cc1n(/N=C/c2ccc(N(C)C)cc2)c(CO)c[n+]1/N=C/c1ccc(N(C)C)cc1.[Cl-]. The molecule has 0 amide bonds. The zero-order valence-corrected chi connectivity index (χ0v) is 19.3. The Morgan fingerprint density at radius 1 is 0.871 bits per heavy atom. The van der Waals surface area contributed by atoms with Crippen LogP contribution in [0.1, 0.15) is 22.6 Å². The lowest BCUT2D eigenvalue weighted by Crippen LogP contribution is -3.00. The topological polar surface area (TPSA) is 60.2 Å². The van der Waals surface area contributed by atoms with E-state index in [2.05, 4.69) is 32.1 Å². The fraction of sp³-hybridized carbons (Fsp3) is 0.261.